The zero-order valence-corrected chi connectivity index (χ0v) is 4.37. The second-order valence-corrected chi connectivity index (χ2v) is 2.02. The highest BCUT2D eigenvalue weighted by Gasteiger charge is 2.31. The monoisotopic (exact) mass is 110 g/mol. The van der Waals surface area contributed by atoms with Gasteiger partial charge in [0.15, 0.2) is 6.04 Å². The van der Waals surface area contributed by atoms with Crippen LogP contribution in [0.25, 0.3) is 0 Å². The van der Waals surface area contributed by atoms with Crippen LogP contribution >= 0.6 is 0 Å². The van der Waals surface area contributed by atoms with Gasteiger partial charge in [0.05, 0.1) is 6.07 Å². The zero-order chi connectivity index (χ0) is 5.98. The van der Waals surface area contributed by atoms with Gasteiger partial charge < -0.3 is 0 Å². The summed E-state index contributed by atoms with van der Waals surface area (Å²) in [5.41, 5.74) is 0. The quantitative estimate of drug-likeness (QED) is 0.499. The fraction of sp³-hybridized carbons (Fsp3) is 0.800. The van der Waals surface area contributed by atoms with Crippen LogP contribution in [0.4, 0.5) is 0 Å². The lowest BCUT2D eigenvalue weighted by molar-refractivity contribution is 0.719. The van der Waals surface area contributed by atoms with Crippen LogP contribution in [0.3, 0.4) is 0 Å². The SMILES string of the molecule is N#CC(N=O)C1CC1. The molecule has 42 valence electrons. The van der Waals surface area contributed by atoms with E-state index in [9.17, 15) is 4.91 Å². The average Bonchev–Trinajstić information content (AvgIpc) is 2.53. The predicted molar refractivity (Wildman–Crippen MR) is 27.9 cm³/mol. The van der Waals surface area contributed by atoms with Crippen molar-refractivity contribution < 1.29 is 0 Å². The molecule has 0 N–H and O–H groups in total. The Morgan fingerprint density at radius 3 is 2.50 bits per heavy atom. The molecule has 1 rings (SSSR count). The van der Waals surface area contributed by atoms with Crippen LogP contribution in [0.5, 0.6) is 0 Å². The van der Waals surface area contributed by atoms with Gasteiger partial charge in [-0.1, -0.05) is 5.18 Å². The molecule has 8 heavy (non-hydrogen) atoms. The van der Waals surface area contributed by atoms with Gasteiger partial charge in [0.25, 0.3) is 0 Å². The lowest BCUT2D eigenvalue weighted by atomic mass is 10.2. The molecular weight excluding hydrogens is 104 g/mol. The van der Waals surface area contributed by atoms with E-state index in [0.717, 1.165) is 12.8 Å². The fourth-order valence-corrected chi connectivity index (χ4v) is 0.627. The Morgan fingerprint density at radius 1 is 1.75 bits per heavy atom. The van der Waals surface area contributed by atoms with Crippen molar-refractivity contribution in [3.8, 4) is 6.07 Å². The Labute approximate surface area is 47.3 Å². The van der Waals surface area contributed by atoms with Crippen LogP contribution in [0, 0.1) is 22.2 Å². The van der Waals surface area contributed by atoms with Crippen molar-refractivity contribution in [2.45, 2.75) is 18.9 Å². The Morgan fingerprint density at radius 2 is 2.38 bits per heavy atom. The molecular formula is C5H6N2O. The average molecular weight is 110 g/mol. The van der Waals surface area contributed by atoms with E-state index >= 15 is 0 Å². The van der Waals surface area contributed by atoms with Crippen molar-refractivity contribution in [3.05, 3.63) is 4.91 Å². The smallest absolute Gasteiger partial charge is 0.181 e. The van der Waals surface area contributed by atoms with E-state index in [2.05, 4.69) is 5.18 Å². The van der Waals surface area contributed by atoms with E-state index in [0.29, 0.717) is 0 Å². The van der Waals surface area contributed by atoms with Gasteiger partial charge in [-0.2, -0.15) is 5.26 Å². The molecule has 0 aromatic rings. The molecule has 0 aromatic carbocycles. The molecule has 0 heterocycles. The molecule has 0 spiro atoms. The molecule has 1 aliphatic rings. The summed E-state index contributed by atoms with van der Waals surface area (Å²) in [6, 6.07) is 1.27. The molecule has 0 radical (unpaired) electrons. The standard InChI is InChI=1S/C5H6N2O/c6-3-5(7-8)4-1-2-4/h4-5H,1-2H2. The number of nitroso groups, excluding NO2 is 1. The minimum atomic E-state index is -0.560. The van der Waals surface area contributed by atoms with Crippen LogP contribution in [-0.4, -0.2) is 6.04 Å². The van der Waals surface area contributed by atoms with Gasteiger partial charge in [-0.15, -0.1) is 4.91 Å². The number of nitrogens with zero attached hydrogens (tertiary/aromatic N) is 2. The topological polar surface area (TPSA) is 53.2 Å². The summed E-state index contributed by atoms with van der Waals surface area (Å²) in [5.74, 6) is 0.289. The molecule has 1 unspecified atom stereocenters. The lowest BCUT2D eigenvalue weighted by Gasteiger charge is -1.88. The van der Waals surface area contributed by atoms with Crippen molar-refractivity contribution in [2.24, 2.45) is 11.1 Å². The Hall–Kier alpha value is -0.910. The first-order valence-electron chi connectivity index (χ1n) is 2.60. The van der Waals surface area contributed by atoms with Crippen LogP contribution in [0.2, 0.25) is 0 Å². The summed E-state index contributed by atoms with van der Waals surface area (Å²) >= 11 is 0. The third-order valence-electron chi connectivity index (χ3n) is 1.31. The summed E-state index contributed by atoms with van der Waals surface area (Å²) in [4.78, 5) is 9.75. The third-order valence-corrected chi connectivity index (χ3v) is 1.31. The minimum absolute atomic E-state index is 0.289. The molecule has 0 saturated heterocycles. The highest BCUT2D eigenvalue weighted by atomic mass is 16.3. The maximum absolute atomic E-state index is 9.75. The third kappa shape index (κ3) is 0.836. The zero-order valence-electron chi connectivity index (χ0n) is 4.37. The molecule has 1 fully saturated rings. The summed E-state index contributed by atoms with van der Waals surface area (Å²) in [5, 5.41) is 10.9. The van der Waals surface area contributed by atoms with Gasteiger partial charge in [-0.3, -0.25) is 0 Å². The minimum Gasteiger partial charge on any atom is -0.196 e. The Kier molecular flexibility index (Phi) is 1.25. The number of hydrogen-bond acceptors (Lipinski definition) is 3. The van der Waals surface area contributed by atoms with Gasteiger partial charge in [0.2, 0.25) is 0 Å². The van der Waals surface area contributed by atoms with Crippen LogP contribution in [-0.2, 0) is 0 Å². The molecule has 1 aliphatic carbocycles. The van der Waals surface area contributed by atoms with Gasteiger partial charge in [-0.25, -0.2) is 0 Å². The van der Waals surface area contributed by atoms with Crippen molar-refractivity contribution in [1.82, 2.24) is 0 Å². The van der Waals surface area contributed by atoms with Crippen LogP contribution in [0.1, 0.15) is 12.8 Å². The summed E-state index contributed by atoms with van der Waals surface area (Å²) < 4.78 is 0. The molecule has 0 aromatic heterocycles. The predicted octanol–water partition coefficient (Wildman–Crippen LogP) is 1.05. The second kappa shape index (κ2) is 1.91. The lowest BCUT2D eigenvalue weighted by Crippen LogP contribution is -2.00. The van der Waals surface area contributed by atoms with Gasteiger partial charge in [-0.05, 0) is 18.8 Å². The van der Waals surface area contributed by atoms with Crippen molar-refractivity contribution in [2.75, 3.05) is 0 Å². The van der Waals surface area contributed by atoms with Crippen LogP contribution < -0.4 is 0 Å². The molecule has 0 aliphatic heterocycles. The number of nitriles is 1. The summed E-state index contributed by atoms with van der Waals surface area (Å²) in [6.45, 7) is 0. The molecule has 1 saturated carbocycles. The highest BCUT2D eigenvalue weighted by Crippen LogP contribution is 2.33. The Bertz CT molecular complexity index is 134. The van der Waals surface area contributed by atoms with Crippen molar-refractivity contribution >= 4 is 0 Å². The molecule has 3 heteroatoms. The summed E-state index contributed by atoms with van der Waals surface area (Å²) in [6.07, 6.45) is 2.01. The van der Waals surface area contributed by atoms with E-state index in [1.165, 1.54) is 0 Å². The second-order valence-electron chi connectivity index (χ2n) is 2.02. The normalized spacial score (nSPS) is 21.4. The number of rotatable bonds is 2. The molecule has 0 bridgehead atoms. The number of hydrogen-bond donors (Lipinski definition) is 0. The summed E-state index contributed by atoms with van der Waals surface area (Å²) in [7, 11) is 0. The van der Waals surface area contributed by atoms with E-state index in [-0.39, 0.29) is 5.92 Å². The largest absolute Gasteiger partial charge is 0.196 e. The first-order valence-corrected chi connectivity index (χ1v) is 2.60. The first kappa shape index (κ1) is 5.23. The van der Waals surface area contributed by atoms with E-state index in [1.54, 1.807) is 0 Å². The van der Waals surface area contributed by atoms with Gasteiger partial charge in [0, 0.05) is 0 Å². The van der Waals surface area contributed by atoms with Gasteiger partial charge in [0.1, 0.15) is 0 Å². The van der Waals surface area contributed by atoms with Crippen molar-refractivity contribution in [3.63, 3.8) is 0 Å². The maximum atomic E-state index is 9.75. The molecule has 1 atom stereocenters. The van der Waals surface area contributed by atoms with Gasteiger partial charge >= 0.3 is 0 Å². The fourth-order valence-electron chi connectivity index (χ4n) is 0.627. The maximum Gasteiger partial charge on any atom is 0.181 e. The van der Waals surface area contributed by atoms with Crippen LogP contribution in [0.15, 0.2) is 5.18 Å². The van der Waals surface area contributed by atoms with E-state index in [4.69, 9.17) is 5.26 Å². The van der Waals surface area contributed by atoms with E-state index < -0.39 is 6.04 Å². The Balaban J connectivity index is 2.39. The molecule has 0 amide bonds. The molecule has 3 nitrogen and oxygen atoms in total. The van der Waals surface area contributed by atoms with E-state index in [1.807, 2.05) is 6.07 Å². The van der Waals surface area contributed by atoms with Crippen molar-refractivity contribution in [1.29, 1.82) is 5.26 Å². The highest BCUT2D eigenvalue weighted by molar-refractivity contribution is 5.00. The first-order chi connectivity index (χ1) is 3.88.